The molecule has 1 aliphatic heterocycles. The van der Waals surface area contributed by atoms with Crippen LogP contribution in [0, 0.1) is 12.8 Å². The highest BCUT2D eigenvalue weighted by Gasteiger charge is 2.45. The van der Waals surface area contributed by atoms with E-state index in [0.717, 1.165) is 24.1 Å². The molecule has 1 N–H and O–H groups in total. The van der Waals surface area contributed by atoms with Crippen LogP contribution in [-0.2, 0) is 23.2 Å². The molecule has 6 nitrogen and oxygen atoms in total. The zero-order valence-electron chi connectivity index (χ0n) is 12.4. The molecule has 2 heterocycles. The molecule has 1 saturated heterocycles. The Kier molecular flexibility index (Phi) is 3.43. The molecule has 0 spiro atoms. The highest BCUT2D eigenvalue weighted by atomic mass is 35.5. The Labute approximate surface area is 128 Å². The Morgan fingerprint density at radius 1 is 1.38 bits per heavy atom. The lowest BCUT2D eigenvalue weighted by Gasteiger charge is -2.37. The average molecular weight is 311 g/mol. The third kappa shape index (κ3) is 2.41. The number of hydrogen-bond donors (Lipinski definition) is 1. The fraction of sp³-hybridized carbons (Fsp3) is 0.643. The van der Waals surface area contributed by atoms with Crippen molar-refractivity contribution in [2.45, 2.75) is 45.3 Å². The molecule has 1 aromatic heterocycles. The van der Waals surface area contributed by atoms with Crippen molar-refractivity contribution in [3.05, 3.63) is 16.4 Å². The summed E-state index contributed by atoms with van der Waals surface area (Å²) in [4.78, 5) is 26.4. The Hall–Kier alpha value is -1.56. The smallest absolute Gasteiger partial charge is 0.246 e. The second kappa shape index (κ2) is 5.02. The predicted molar refractivity (Wildman–Crippen MR) is 77.6 cm³/mol. The number of nitrogens with zero attached hydrogens (tertiary/aromatic N) is 3. The first-order chi connectivity index (χ1) is 9.90. The fourth-order valence-electron chi connectivity index (χ4n) is 2.83. The van der Waals surface area contributed by atoms with E-state index in [1.165, 1.54) is 0 Å². The third-order valence-electron chi connectivity index (χ3n) is 4.39. The van der Waals surface area contributed by atoms with Crippen molar-refractivity contribution in [1.82, 2.24) is 20.0 Å². The molecule has 1 saturated carbocycles. The van der Waals surface area contributed by atoms with Gasteiger partial charge in [0.15, 0.2) is 0 Å². The molecule has 0 aromatic carbocycles. The summed E-state index contributed by atoms with van der Waals surface area (Å²) in [6.07, 6.45) is 2.01. The molecule has 2 aliphatic rings. The van der Waals surface area contributed by atoms with Gasteiger partial charge in [0.25, 0.3) is 0 Å². The van der Waals surface area contributed by atoms with E-state index in [4.69, 9.17) is 11.6 Å². The zero-order valence-corrected chi connectivity index (χ0v) is 13.1. The quantitative estimate of drug-likeness (QED) is 0.906. The second-order valence-corrected chi connectivity index (χ2v) is 6.30. The summed E-state index contributed by atoms with van der Waals surface area (Å²) < 4.78 is 1.59. The first-order valence-electron chi connectivity index (χ1n) is 7.19. The number of carbonyl (C=O) groups is 2. The normalized spacial score (nSPS) is 26.2. The van der Waals surface area contributed by atoms with Crippen LogP contribution in [0.2, 0.25) is 5.15 Å². The van der Waals surface area contributed by atoms with Crippen LogP contribution in [0.4, 0.5) is 0 Å². The minimum atomic E-state index is -0.483. The Bertz CT molecular complexity index is 608. The maximum absolute atomic E-state index is 12.6. The molecular weight excluding hydrogens is 292 g/mol. The van der Waals surface area contributed by atoms with E-state index in [1.54, 1.807) is 23.6 Å². The van der Waals surface area contributed by atoms with E-state index in [2.05, 4.69) is 10.4 Å². The maximum atomic E-state index is 12.6. The summed E-state index contributed by atoms with van der Waals surface area (Å²) >= 11 is 6.24. The van der Waals surface area contributed by atoms with Crippen LogP contribution in [0.25, 0.3) is 0 Å². The average Bonchev–Trinajstić information content (AvgIpc) is 3.23. The number of aromatic nitrogens is 2. The molecular formula is C14H19ClN4O2. The van der Waals surface area contributed by atoms with Gasteiger partial charge < -0.3 is 10.2 Å². The number of amides is 2. The third-order valence-corrected chi connectivity index (χ3v) is 4.86. The van der Waals surface area contributed by atoms with E-state index in [1.807, 2.05) is 6.92 Å². The number of hydrogen-bond acceptors (Lipinski definition) is 3. The highest BCUT2D eigenvalue weighted by molar-refractivity contribution is 6.30. The van der Waals surface area contributed by atoms with Gasteiger partial charge >= 0.3 is 0 Å². The number of rotatable bonds is 3. The molecule has 2 fully saturated rings. The number of halogens is 1. The van der Waals surface area contributed by atoms with Crippen LogP contribution in [0.5, 0.6) is 0 Å². The number of aryl methyl sites for hydroxylation is 2. The lowest BCUT2D eigenvalue weighted by atomic mass is 10.0. The largest absolute Gasteiger partial charge is 0.342 e. The molecule has 2 atom stereocenters. The minimum Gasteiger partial charge on any atom is -0.342 e. The van der Waals surface area contributed by atoms with Gasteiger partial charge in [-0.3, -0.25) is 14.3 Å². The first kappa shape index (κ1) is 14.4. The SMILES string of the molecule is Cc1nn(C)c(Cl)c1CN1C(=O)C(C2CC2)NC(=O)C1C. The molecule has 2 unspecified atom stereocenters. The van der Waals surface area contributed by atoms with Crippen molar-refractivity contribution in [3.8, 4) is 0 Å². The second-order valence-electron chi connectivity index (χ2n) is 5.94. The van der Waals surface area contributed by atoms with Gasteiger partial charge in [0.1, 0.15) is 17.2 Å². The molecule has 7 heteroatoms. The summed E-state index contributed by atoms with van der Waals surface area (Å²) in [6.45, 7) is 3.93. The molecule has 0 radical (unpaired) electrons. The summed E-state index contributed by atoms with van der Waals surface area (Å²) in [6, 6.07) is -0.854. The Balaban J connectivity index is 1.87. The number of carbonyl (C=O) groups excluding carboxylic acids is 2. The summed E-state index contributed by atoms with van der Waals surface area (Å²) in [5.41, 5.74) is 1.60. The molecule has 0 bridgehead atoms. The molecule has 1 aliphatic carbocycles. The Morgan fingerprint density at radius 3 is 2.57 bits per heavy atom. The van der Waals surface area contributed by atoms with Crippen molar-refractivity contribution >= 4 is 23.4 Å². The summed E-state index contributed by atoms with van der Waals surface area (Å²) in [5.74, 6) is 0.190. The number of nitrogens with one attached hydrogen (secondary N) is 1. The van der Waals surface area contributed by atoms with E-state index in [9.17, 15) is 9.59 Å². The Morgan fingerprint density at radius 2 is 2.05 bits per heavy atom. The predicted octanol–water partition coefficient (Wildman–Crippen LogP) is 1.01. The standard InChI is InChI=1S/C14H19ClN4O2/c1-7-10(12(15)18(3)17-7)6-19-8(2)13(20)16-11(14(19)21)9-4-5-9/h8-9,11H,4-6H2,1-3H3,(H,16,20). The van der Waals surface area contributed by atoms with E-state index < -0.39 is 6.04 Å². The monoisotopic (exact) mass is 310 g/mol. The van der Waals surface area contributed by atoms with Gasteiger partial charge in [0, 0.05) is 12.6 Å². The van der Waals surface area contributed by atoms with Crippen LogP contribution in [-0.4, -0.2) is 38.6 Å². The lowest BCUT2D eigenvalue weighted by molar-refractivity contribution is -0.149. The van der Waals surface area contributed by atoms with Crippen LogP contribution < -0.4 is 5.32 Å². The van der Waals surface area contributed by atoms with Crippen molar-refractivity contribution < 1.29 is 9.59 Å². The molecule has 3 rings (SSSR count). The van der Waals surface area contributed by atoms with E-state index in [0.29, 0.717) is 17.6 Å². The van der Waals surface area contributed by atoms with E-state index >= 15 is 0 Å². The highest BCUT2D eigenvalue weighted by Crippen LogP contribution is 2.35. The van der Waals surface area contributed by atoms with Gasteiger partial charge in [0.2, 0.25) is 11.8 Å². The van der Waals surface area contributed by atoms with Crippen LogP contribution in [0.3, 0.4) is 0 Å². The van der Waals surface area contributed by atoms with Gasteiger partial charge in [-0.15, -0.1) is 0 Å². The zero-order chi connectivity index (χ0) is 15.3. The van der Waals surface area contributed by atoms with Gasteiger partial charge in [-0.2, -0.15) is 5.10 Å². The fourth-order valence-corrected chi connectivity index (χ4v) is 3.07. The van der Waals surface area contributed by atoms with Crippen LogP contribution in [0.1, 0.15) is 31.0 Å². The van der Waals surface area contributed by atoms with E-state index in [-0.39, 0.29) is 17.9 Å². The van der Waals surface area contributed by atoms with Crippen LogP contribution in [0.15, 0.2) is 0 Å². The molecule has 2 amide bonds. The maximum Gasteiger partial charge on any atom is 0.246 e. The van der Waals surface area contributed by atoms with Crippen molar-refractivity contribution in [1.29, 1.82) is 0 Å². The summed E-state index contributed by atoms with van der Waals surface area (Å²) in [7, 11) is 1.76. The van der Waals surface area contributed by atoms with Gasteiger partial charge in [-0.25, -0.2) is 0 Å². The topological polar surface area (TPSA) is 67.2 Å². The van der Waals surface area contributed by atoms with Crippen molar-refractivity contribution in [2.75, 3.05) is 0 Å². The summed E-state index contributed by atoms with van der Waals surface area (Å²) in [5, 5.41) is 7.62. The number of piperazine rings is 1. The van der Waals surface area contributed by atoms with Crippen molar-refractivity contribution in [2.24, 2.45) is 13.0 Å². The molecule has 114 valence electrons. The van der Waals surface area contributed by atoms with Crippen molar-refractivity contribution in [3.63, 3.8) is 0 Å². The first-order valence-corrected chi connectivity index (χ1v) is 7.56. The molecule has 21 heavy (non-hydrogen) atoms. The van der Waals surface area contributed by atoms with Gasteiger partial charge in [-0.05, 0) is 32.6 Å². The van der Waals surface area contributed by atoms with Gasteiger partial charge in [-0.1, -0.05) is 11.6 Å². The lowest BCUT2D eigenvalue weighted by Crippen LogP contribution is -2.62. The van der Waals surface area contributed by atoms with Crippen LogP contribution >= 0.6 is 11.6 Å². The molecule has 1 aromatic rings. The van der Waals surface area contributed by atoms with Gasteiger partial charge in [0.05, 0.1) is 12.2 Å². The minimum absolute atomic E-state index is 0.0103.